The molecule has 1 amide bonds. The second kappa shape index (κ2) is 5.73. The summed E-state index contributed by atoms with van der Waals surface area (Å²) in [5.41, 5.74) is -3.83. The van der Waals surface area contributed by atoms with Crippen molar-refractivity contribution in [2.24, 2.45) is 0 Å². The van der Waals surface area contributed by atoms with Gasteiger partial charge in [0.25, 0.3) is 5.91 Å². The molecule has 1 aromatic heterocycles. The van der Waals surface area contributed by atoms with E-state index in [1.165, 1.54) is 6.92 Å². The van der Waals surface area contributed by atoms with E-state index in [4.69, 9.17) is 0 Å². The number of nitrogens with zero attached hydrogens (tertiary/aromatic N) is 1. The van der Waals surface area contributed by atoms with Gasteiger partial charge in [-0.25, -0.2) is 9.78 Å². The molecule has 0 saturated heterocycles. The fraction of sp³-hybridized carbons (Fsp3) is 0.267. The molecule has 6 nitrogen and oxygen atoms in total. The molecule has 1 aliphatic rings. The maximum atomic E-state index is 13.9. The van der Waals surface area contributed by atoms with Gasteiger partial charge in [-0.3, -0.25) is 4.79 Å². The molecule has 2 heterocycles. The number of rotatable bonds is 3. The van der Waals surface area contributed by atoms with Crippen LogP contribution in [0, 0.1) is 0 Å². The molecule has 0 saturated carbocycles. The number of methoxy groups -OCH3 is 1. The SMILES string of the molecule is COC(=O)C1=C(C)NC(=O)[C@@]1(Nc1nc2ccccc2s1)C(F)(F)F. The van der Waals surface area contributed by atoms with Crippen LogP contribution in [0.5, 0.6) is 0 Å². The highest BCUT2D eigenvalue weighted by molar-refractivity contribution is 7.22. The van der Waals surface area contributed by atoms with E-state index in [1.54, 1.807) is 24.3 Å². The van der Waals surface area contributed by atoms with Gasteiger partial charge >= 0.3 is 12.1 Å². The van der Waals surface area contributed by atoms with Gasteiger partial charge in [0.1, 0.15) is 5.57 Å². The molecular weight excluding hydrogens is 359 g/mol. The number of halogens is 3. The Kier molecular flexibility index (Phi) is 3.94. The molecular formula is C15H12F3N3O3S. The van der Waals surface area contributed by atoms with E-state index in [1.807, 2.05) is 0 Å². The minimum Gasteiger partial charge on any atom is -0.466 e. The third kappa shape index (κ3) is 2.53. The molecule has 10 heteroatoms. The Labute approximate surface area is 143 Å². The first-order chi connectivity index (χ1) is 11.7. The highest BCUT2D eigenvalue weighted by Gasteiger charge is 2.68. The van der Waals surface area contributed by atoms with Crippen LogP contribution in [0.4, 0.5) is 18.3 Å². The molecule has 2 aromatic rings. The predicted octanol–water partition coefficient (Wildman–Crippen LogP) is 2.59. The summed E-state index contributed by atoms with van der Waals surface area (Å²) in [7, 11) is 0.949. The number of esters is 1. The Morgan fingerprint density at radius 1 is 1.36 bits per heavy atom. The number of aromatic nitrogens is 1. The van der Waals surface area contributed by atoms with Crippen molar-refractivity contribution in [3.05, 3.63) is 35.5 Å². The zero-order chi connectivity index (χ0) is 18.4. The Bertz CT molecular complexity index is 873. The van der Waals surface area contributed by atoms with E-state index in [-0.39, 0.29) is 10.8 Å². The van der Waals surface area contributed by atoms with Crippen LogP contribution in [0.15, 0.2) is 35.5 Å². The number of nitrogens with one attached hydrogen (secondary N) is 2. The third-order valence-electron chi connectivity index (χ3n) is 3.79. The van der Waals surface area contributed by atoms with Crippen molar-refractivity contribution in [2.75, 3.05) is 12.4 Å². The monoisotopic (exact) mass is 371 g/mol. The minimum absolute atomic E-state index is 0.134. The van der Waals surface area contributed by atoms with Gasteiger partial charge in [0.05, 0.1) is 17.3 Å². The van der Waals surface area contributed by atoms with Gasteiger partial charge < -0.3 is 15.4 Å². The Balaban J connectivity index is 2.16. The van der Waals surface area contributed by atoms with Gasteiger partial charge in [0.2, 0.25) is 5.54 Å². The summed E-state index contributed by atoms with van der Waals surface area (Å²) in [5.74, 6) is -2.65. The molecule has 0 spiro atoms. The number of alkyl halides is 3. The van der Waals surface area contributed by atoms with Gasteiger partial charge in [-0.1, -0.05) is 23.5 Å². The van der Waals surface area contributed by atoms with Gasteiger partial charge in [-0.05, 0) is 19.1 Å². The molecule has 1 aliphatic heterocycles. The zero-order valence-electron chi connectivity index (χ0n) is 13.0. The number of anilines is 1. The quantitative estimate of drug-likeness (QED) is 0.811. The van der Waals surface area contributed by atoms with Crippen molar-refractivity contribution in [3.63, 3.8) is 0 Å². The largest absolute Gasteiger partial charge is 0.466 e. The molecule has 0 bridgehead atoms. The number of allylic oxidation sites excluding steroid dienone is 1. The lowest BCUT2D eigenvalue weighted by atomic mass is 9.89. The number of hydrogen-bond acceptors (Lipinski definition) is 6. The second-order valence-corrected chi connectivity index (χ2v) is 6.34. The number of carbonyl (C=O) groups is 2. The predicted molar refractivity (Wildman–Crippen MR) is 84.9 cm³/mol. The lowest BCUT2D eigenvalue weighted by Crippen LogP contribution is -2.60. The van der Waals surface area contributed by atoms with Crippen LogP contribution in [-0.4, -0.2) is 35.7 Å². The molecule has 0 fully saturated rings. The van der Waals surface area contributed by atoms with Crippen LogP contribution >= 0.6 is 11.3 Å². The Morgan fingerprint density at radius 2 is 2.04 bits per heavy atom. The number of ether oxygens (including phenoxy) is 1. The fourth-order valence-electron chi connectivity index (χ4n) is 2.68. The molecule has 25 heavy (non-hydrogen) atoms. The number of para-hydroxylation sites is 1. The Hall–Kier alpha value is -2.62. The van der Waals surface area contributed by atoms with Crippen molar-refractivity contribution in [2.45, 2.75) is 18.6 Å². The number of benzene rings is 1. The topological polar surface area (TPSA) is 80.3 Å². The first kappa shape index (κ1) is 17.2. The number of amides is 1. The van der Waals surface area contributed by atoms with Crippen molar-refractivity contribution >= 4 is 38.6 Å². The van der Waals surface area contributed by atoms with Crippen LogP contribution in [0.1, 0.15) is 6.92 Å². The molecule has 1 atom stereocenters. The maximum Gasteiger partial charge on any atom is 0.425 e. The van der Waals surface area contributed by atoms with E-state index in [9.17, 15) is 22.8 Å². The Morgan fingerprint density at radius 3 is 2.64 bits per heavy atom. The van der Waals surface area contributed by atoms with Gasteiger partial charge in [-0.15, -0.1) is 0 Å². The second-order valence-electron chi connectivity index (χ2n) is 5.31. The van der Waals surface area contributed by atoms with Crippen LogP contribution in [0.25, 0.3) is 10.2 Å². The van der Waals surface area contributed by atoms with Gasteiger partial charge in [0, 0.05) is 5.70 Å². The number of thiazole rings is 1. The molecule has 132 valence electrons. The third-order valence-corrected chi connectivity index (χ3v) is 4.75. The average Bonchev–Trinajstić information content (AvgIpc) is 3.05. The van der Waals surface area contributed by atoms with Crippen LogP contribution in [0.2, 0.25) is 0 Å². The lowest BCUT2D eigenvalue weighted by Gasteiger charge is -2.31. The normalized spacial score (nSPS) is 20.8. The van der Waals surface area contributed by atoms with E-state index in [0.717, 1.165) is 18.4 Å². The maximum absolute atomic E-state index is 13.9. The number of carbonyl (C=O) groups excluding carboxylic acids is 2. The molecule has 0 aliphatic carbocycles. The summed E-state index contributed by atoms with van der Waals surface area (Å²) in [6.45, 7) is 1.21. The smallest absolute Gasteiger partial charge is 0.425 e. The van der Waals surface area contributed by atoms with Crippen molar-refractivity contribution < 1.29 is 27.5 Å². The highest BCUT2D eigenvalue weighted by Crippen LogP contribution is 2.44. The minimum atomic E-state index is -5.10. The fourth-order valence-corrected chi connectivity index (χ4v) is 3.60. The lowest BCUT2D eigenvalue weighted by molar-refractivity contribution is -0.178. The van der Waals surface area contributed by atoms with E-state index < -0.39 is 29.2 Å². The zero-order valence-corrected chi connectivity index (χ0v) is 13.8. The number of fused-ring (bicyclic) bond motifs is 1. The molecule has 2 N–H and O–H groups in total. The summed E-state index contributed by atoms with van der Waals surface area (Å²) in [6.07, 6.45) is -5.10. The summed E-state index contributed by atoms with van der Waals surface area (Å²) in [5, 5.41) is 4.07. The first-order valence-corrected chi connectivity index (χ1v) is 7.84. The number of hydrogen-bond donors (Lipinski definition) is 2. The van der Waals surface area contributed by atoms with Crippen LogP contribution in [0.3, 0.4) is 0 Å². The van der Waals surface area contributed by atoms with Gasteiger partial charge in [-0.2, -0.15) is 13.2 Å². The molecule has 0 radical (unpaired) electrons. The van der Waals surface area contributed by atoms with Crippen LogP contribution < -0.4 is 10.6 Å². The highest BCUT2D eigenvalue weighted by atomic mass is 32.1. The first-order valence-electron chi connectivity index (χ1n) is 7.02. The molecule has 3 rings (SSSR count). The van der Waals surface area contributed by atoms with Crippen molar-refractivity contribution in [1.29, 1.82) is 0 Å². The average molecular weight is 371 g/mol. The summed E-state index contributed by atoms with van der Waals surface area (Å²) >= 11 is 0.946. The summed E-state index contributed by atoms with van der Waals surface area (Å²) < 4.78 is 46.9. The van der Waals surface area contributed by atoms with E-state index in [2.05, 4.69) is 20.4 Å². The molecule has 0 unspecified atom stereocenters. The van der Waals surface area contributed by atoms with Gasteiger partial charge in [0.15, 0.2) is 5.13 Å². The standard InChI is InChI=1S/C15H12F3N3O3S/c1-7-10(11(22)24-2)14(12(23)19-7,15(16,17)18)21-13-20-8-5-3-4-6-9(8)25-13/h3-6H,1-2H3,(H,19,23)(H,20,21)/t14-/m1/s1. The van der Waals surface area contributed by atoms with Crippen molar-refractivity contribution in [1.82, 2.24) is 10.3 Å². The summed E-state index contributed by atoms with van der Waals surface area (Å²) in [4.78, 5) is 28.3. The molecule has 1 aromatic carbocycles. The van der Waals surface area contributed by atoms with E-state index in [0.29, 0.717) is 10.2 Å². The van der Waals surface area contributed by atoms with Crippen molar-refractivity contribution in [3.8, 4) is 0 Å². The summed E-state index contributed by atoms with van der Waals surface area (Å²) in [6, 6.07) is 6.73. The van der Waals surface area contributed by atoms with Crippen LogP contribution in [-0.2, 0) is 14.3 Å². The van der Waals surface area contributed by atoms with E-state index >= 15 is 0 Å².